The van der Waals surface area contributed by atoms with Crippen LogP contribution in [0.4, 0.5) is 0 Å². The molecule has 0 spiro atoms. The summed E-state index contributed by atoms with van der Waals surface area (Å²) in [5, 5.41) is 8.67. The molecular formula is C10H16NOP. The molecule has 0 aliphatic heterocycles. The molecule has 1 aromatic carbocycles. The molecule has 3 heteroatoms. The van der Waals surface area contributed by atoms with Crippen molar-refractivity contribution in [2.75, 3.05) is 6.66 Å². The van der Waals surface area contributed by atoms with Gasteiger partial charge in [0.25, 0.3) is 0 Å². The van der Waals surface area contributed by atoms with Crippen molar-refractivity contribution in [3.8, 4) is 0 Å². The van der Waals surface area contributed by atoms with E-state index in [1.54, 1.807) is 0 Å². The van der Waals surface area contributed by atoms with Gasteiger partial charge in [-0.3, -0.25) is 0 Å². The average molecular weight is 197 g/mol. The van der Waals surface area contributed by atoms with Gasteiger partial charge < -0.3 is 10.8 Å². The second kappa shape index (κ2) is 7.93. The van der Waals surface area contributed by atoms with E-state index in [1.807, 2.05) is 30.9 Å². The lowest BCUT2D eigenvalue weighted by molar-refractivity contribution is 0.282. The zero-order chi connectivity index (χ0) is 10.1. The predicted octanol–water partition coefficient (Wildman–Crippen LogP) is 1.63. The molecule has 0 aliphatic rings. The van der Waals surface area contributed by atoms with E-state index in [1.165, 1.54) is 8.20 Å². The molecule has 72 valence electrons. The van der Waals surface area contributed by atoms with Gasteiger partial charge >= 0.3 is 0 Å². The molecule has 1 aromatic rings. The molecule has 3 N–H and O–H groups in total. The van der Waals surface area contributed by atoms with Crippen LogP contribution in [-0.4, -0.2) is 18.1 Å². The lowest BCUT2D eigenvalue weighted by Crippen LogP contribution is -1.95. The zero-order valence-electron chi connectivity index (χ0n) is 7.90. The Morgan fingerprint density at radius 2 is 1.69 bits per heavy atom. The molecule has 0 atom stereocenters. The number of benzene rings is 1. The zero-order valence-corrected chi connectivity index (χ0v) is 8.80. The van der Waals surface area contributed by atoms with E-state index in [4.69, 9.17) is 10.8 Å². The predicted molar refractivity (Wildman–Crippen MR) is 60.2 cm³/mol. The van der Waals surface area contributed by atoms with Crippen LogP contribution in [0.1, 0.15) is 11.1 Å². The molecule has 0 fully saturated rings. The largest absolute Gasteiger partial charge is 0.392 e. The summed E-state index contributed by atoms with van der Waals surface area (Å²) in [6.45, 7) is 2.65. The minimum Gasteiger partial charge on any atom is -0.392 e. The maximum absolute atomic E-state index is 8.67. The first-order valence-corrected chi connectivity index (χ1v) is 5.54. The molecule has 1 rings (SSSR count). The standard InChI is InChI=1S/C8H11NO.C2H5P/c9-5-7-1-3-8(6-10)4-2-7;1-3-2/h1-4,10H,5-6,9H2;1H2,2H3. The Bertz CT molecular complexity index is 210. The van der Waals surface area contributed by atoms with Crippen molar-refractivity contribution in [3.05, 3.63) is 35.4 Å². The quantitative estimate of drug-likeness (QED) is 0.708. The van der Waals surface area contributed by atoms with E-state index in [0.29, 0.717) is 6.54 Å². The molecule has 13 heavy (non-hydrogen) atoms. The first kappa shape index (κ1) is 12.3. The van der Waals surface area contributed by atoms with Crippen molar-refractivity contribution in [3.63, 3.8) is 0 Å². The van der Waals surface area contributed by atoms with Crippen molar-refractivity contribution in [2.45, 2.75) is 13.2 Å². The van der Waals surface area contributed by atoms with Gasteiger partial charge in [0.1, 0.15) is 0 Å². The highest BCUT2D eigenvalue weighted by molar-refractivity contribution is 7.35. The number of nitrogens with two attached hydrogens (primary N) is 1. The molecule has 0 aromatic heterocycles. The third-order valence-corrected chi connectivity index (χ3v) is 1.44. The smallest absolute Gasteiger partial charge is 0.0681 e. The van der Waals surface area contributed by atoms with Gasteiger partial charge in [-0.15, -0.1) is 8.20 Å². The summed E-state index contributed by atoms with van der Waals surface area (Å²) in [6, 6.07) is 7.60. The highest BCUT2D eigenvalue weighted by Gasteiger charge is 1.89. The van der Waals surface area contributed by atoms with Crippen molar-refractivity contribution < 1.29 is 5.11 Å². The molecule has 0 aliphatic carbocycles. The summed E-state index contributed by atoms with van der Waals surface area (Å²) in [5.74, 6) is 0. The van der Waals surface area contributed by atoms with Crippen LogP contribution in [0.3, 0.4) is 0 Å². The van der Waals surface area contributed by atoms with Gasteiger partial charge in [-0.2, -0.15) is 0 Å². The van der Waals surface area contributed by atoms with Gasteiger partial charge in [-0.1, -0.05) is 30.6 Å². The molecule has 0 heterocycles. The SMILES string of the molecule is C=PC.NCc1ccc(CO)cc1. The van der Waals surface area contributed by atoms with Crippen LogP contribution in [0.2, 0.25) is 0 Å². The van der Waals surface area contributed by atoms with Crippen molar-refractivity contribution in [1.29, 1.82) is 0 Å². The van der Waals surface area contributed by atoms with Gasteiger partial charge in [0.2, 0.25) is 0 Å². The van der Waals surface area contributed by atoms with Crippen LogP contribution >= 0.6 is 8.20 Å². The van der Waals surface area contributed by atoms with Gasteiger partial charge in [0, 0.05) is 6.54 Å². The van der Waals surface area contributed by atoms with Crippen LogP contribution in [0.25, 0.3) is 0 Å². The fraction of sp³-hybridized carbons (Fsp3) is 0.300. The molecule has 0 radical (unpaired) electrons. The first-order chi connectivity index (χ1) is 6.28. The fourth-order valence-corrected chi connectivity index (χ4v) is 0.781. The van der Waals surface area contributed by atoms with Crippen molar-refractivity contribution in [1.82, 2.24) is 0 Å². The van der Waals surface area contributed by atoms with Crippen molar-refractivity contribution >= 4 is 14.5 Å². The van der Waals surface area contributed by atoms with E-state index >= 15 is 0 Å². The lowest BCUT2D eigenvalue weighted by Gasteiger charge is -1.97. The Hall–Kier alpha value is -0.690. The van der Waals surface area contributed by atoms with Gasteiger partial charge in [0.05, 0.1) is 6.61 Å². The minimum absolute atomic E-state index is 0.102. The Balaban J connectivity index is 0.000000424. The maximum atomic E-state index is 8.67. The highest BCUT2D eigenvalue weighted by atomic mass is 31.1. The van der Waals surface area contributed by atoms with Gasteiger partial charge in [-0.05, 0) is 17.8 Å². The molecule has 2 nitrogen and oxygen atoms in total. The van der Waals surface area contributed by atoms with Crippen LogP contribution in [-0.2, 0) is 13.2 Å². The normalized spacial score (nSPS) is 9.15. The van der Waals surface area contributed by atoms with Gasteiger partial charge in [-0.25, -0.2) is 0 Å². The molecular weight excluding hydrogens is 181 g/mol. The Labute approximate surface area is 81.2 Å². The first-order valence-electron chi connectivity index (χ1n) is 4.02. The summed E-state index contributed by atoms with van der Waals surface area (Å²) in [7, 11) is 1.17. The Kier molecular flexibility index (Phi) is 7.51. The second-order valence-electron chi connectivity index (χ2n) is 2.49. The second-order valence-corrected chi connectivity index (χ2v) is 3.13. The third-order valence-electron chi connectivity index (χ3n) is 1.44. The van der Waals surface area contributed by atoms with Crippen LogP contribution < -0.4 is 5.73 Å². The fourth-order valence-electron chi connectivity index (χ4n) is 0.781. The maximum Gasteiger partial charge on any atom is 0.0681 e. The monoisotopic (exact) mass is 197 g/mol. The Morgan fingerprint density at radius 1 is 1.31 bits per heavy atom. The van der Waals surface area contributed by atoms with Gasteiger partial charge in [0.15, 0.2) is 0 Å². The number of hydrogen-bond donors (Lipinski definition) is 2. The Morgan fingerprint density at radius 3 is 2.00 bits per heavy atom. The van der Waals surface area contributed by atoms with E-state index in [9.17, 15) is 0 Å². The third kappa shape index (κ3) is 5.53. The van der Waals surface area contributed by atoms with Crippen LogP contribution in [0.5, 0.6) is 0 Å². The van der Waals surface area contributed by atoms with E-state index in [0.717, 1.165) is 11.1 Å². The highest BCUT2D eigenvalue weighted by Crippen LogP contribution is 2.02. The number of aliphatic hydroxyl groups is 1. The summed E-state index contributed by atoms with van der Waals surface area (Å²) in [5.41, 5.74) is 7.40. The summed E-state index contributed by atoms with van der Waals surface area (Å²) >= 11 is 0. The van der Waals surface area contributed by atoms with Crippen LogP contribution in [0.15, 0.2) is 24.3 Å². The molecule has 0 saturated carbocycles. The van der Waals surface area contributed by atoms with E-state index in [2.05, 4.69) is 6.30 Å². The molecule has 0 saturated heterocycles. The molecule has 0 unspecified atom stereocenters. The number of rotatable bonds is 2. The number of hydrogen-bond acceptors (Lipinski definition) is 2. The molecule has 0 bridgehead atoms. The van der Waals surface area contributed by atoms with Crippen molar-refractivity contribution in [2.24, 2.45) is 5.73 Å². The summed E-state index contributed by atoms with van der Waals surface area (Å²) < 4.78 is 0. The topological polar surface area (TPSA) is 46.2 Å². The summed E-state index contributed by atoms with van der Waals surface area (Å²) in [6.07, 6.45) is 3.46. The lowest BCUT2D eigenvalue weighted by atomic mass is 10.1. The number of aliphatic hydroxyl groups excluding tert-OH is 1. The molecule has 0 amide bonds. The van der Waals surface area contributed by atoms with Crippen LogP contribution in [0, 0.1) is 0 Å². The van der Waals surface area contributed by atoms with E-state index in [-0.39, 0.29) is 6.61 Å². The summed E-state index contributed by atoms with van der Waals surface area (Å²) in [4.78, 5) is 0. The minimum atomic E-state index is 0.102. The average Bonchev–Trinajstić information content (AvgIpc) is 2.19. The van der Waals surface area contributed by atoms with E-state index < -0.39 is 0 Å².